The van der Waals surface area contributed by atoms with Crippen molar-refractivity contribution in [2.75, 3.05) is 0 Å². The van der Waals surface area contributed by atoms with Gasteiger partial charge in [-0.1, -0.05) is 0 Å². The molecule has 2 aromatic heterocycles. The van der Waals surface area contributed by atoms with E-state index in [9.17, 15) is 0 Å². The largest absolute Gasteiger partial charge is 0.486 e. The van der Waals surface area contributed by atoms with Gasteiger partial charge in [-0.3, -0.25) is 4.98 Å². The summed E-state index contributed by atoms with van der Waals surface area (Å²) in [4.78, 5) is 8.14. The highest BCUT2D eigenvalue weighted by molar-refractivity contribution is 9.10. The Labute approximate surface area is 110 Å². The number of halogens is 2. The number of hydrogen-bond acceptors (Lipinski definition) is 3. The third-order valence-corrected chi connectivity index (χ3v) is 2.91. The Kier molecular flexibility index (Phi) is 3.90. The predicted octanol–water partition coefficient (Wildman–Crippen LogP) is 3.58. The minimum absolute atomic E-state index is 0.469. The van der Waals surface area contributed by atoms with Crippen molar-refractivity contribution in [1.82, 2.24) is 9.97 Å². The summed E-state index contributed by atoms with van der Waals surface area (Å²) in [7, 11) is 0. The van der Waals surface area contributed by atoms with Gasteiger partial charge in [0.2, 0.25) is 0 Å². The lowest BCUT2D eigenvalue weighted by atomic mass is 10.3. The zero-order valence-electron chi connectivity index (χ0n) is 8.23. The average Bonchev–Trinajstić information content (AvgIpc) is 2.28. The van der Waals surface area contributed by atoms with E-state index in [4.69, 9.17) is 4.74 Å². The van der Waals surface area contributed by atoms with E-state index < -0.39 is 0 Å². The molecule has 0 fully saturated rings. The van der Waals surface area contributed by atoms with Gasteiger partial charge in [0.15, 0.2) is 5.75 Å². The summed E-state index contributed by atoms with van der Waals surface area (Å²) in [5.74, 6) is 0.725. The molecule has 0 saturated heterocycles. The summed E-state index contributed by atoms with van der Waals surface area (Å²) in [6.45, 7) is 0.469. The molecule has 0 aromatic carbocycles. The number of pyridine rings is 2. The SMILES string of the molecule is Brc1cncc(COc2cccnc2Br)c1. The molecule has 0 aliphatic heterocycles. The number of ether oxygens (including phenoxy) is 1. The maximum Gasteiger partial charge on any atom is 0.152 e. The minimum Gasteiger partial charge on any atom is -0.486 e. The maximum atomic E-state index is 5.61. The highest BCUT2D eigenvalue weighted by Gasteiger charge is 2.01. The van der Waals surface area contributed by atoms with Crippen molar-refractivity contribution >= 4 is 31.9 Å². The molecule has 0 unspecified atom stereocenters. The van der Waals surface area contributed by atoms with Gasteiger partial charge in [-0.15, -0.1) is 0 Å². The van der Waals surface area contributed by atoms with Crippen LogP contribution in [0.3, 0.4) is 0 Å². The molecule has 0 saturated carbocycles. The first-order valence-electron chi connectivity index (χ1n) is 4.58. The van der Waals surface area contributed by atoms with Gasteiger partial charge in [-0.2, -0.15) is 0 Å². The van der Waals surface area contributed by atoms with Crippen LogP contribution >= 0.6 is 31.9 Å². The van der Waals surface area contributed by atoms with E-state index in [2.05, 4.69) is 41.8 Å². The summed E-state index contributed by atoms with van der Waals surface area (Å²) in [5.41, 5.74) is 1.00. The fourth-order valence-electron chi connectivity index (χ4n) is 1.17. The van der Waals surface area contributed by atoms with E-state index in [0.29, 0.717) is 11.2 Å². The smallest absolute Gasteiger partial charge is 0.152 e. The highest BCUT2D eigenvalue weighted by Crippen LogP contribution is 2.22. The third-order valence-electron chi connectivity index (χ3n) is 1.88. The van der Waals surface area contributed by atoms with Crippen LogP contribution in [0.15, 0.2) is 45.9 Å². The molecule has 0 spiro atoms. The molecule has 2 aromatic rings. The predicted molar refractivity (Wildman–Crippen MR) is 68.2 cm³/mol. The Bertz CT molecular complexity index is 491. The van der Waals surface area contributed by atoms with Gasteiger partial charge in [0.25, 0.3) is 0 Å². The lowest BCUT2D eigenvalue weighted by molar-refractivity contribution is 0.302. The summed E-state index contributed by atoms with van der Waals surface area (Å²) >= 11 is 6.69. The molecule has 0 aliphatic carbocycles. The molecule has 0 aliphatic rings. The van der Waals surface area contributed by atoms with Crippen LogP contribution in [0.1, 0.15) is 5.56 Å². The molecule has 0 radical (unpaired) electrons. The summed E-state index contributed by atoms with van der Waals surface area (Å²) in [5, 5.41) is 0. The molecular weight excluding hydrogens is 336 g/mol. The Morgan fingerprint density at radius 3 is 2.88 bits per heavy atom. The van der Waals surface area contributed by atoms with Crippen molar-refractivity contribution in [3.63, 3.8) is 0 Å². The van der Waals surface area contributed by atoms with Gasteiger partial charge >= 0.3 is 0 Å². The van der Waals surface area contributed by atoms with Crippen molar-refractivity contribution in [3.8, 4) is 5.75 Å². The van der Waals surface area contributed by atoms with Crippen LogP contribution in [0, 0.1) is 0 Å². The zero-order valence-corrected chi connectivity index (χ0v) is 11.4. The summed E-state index contributed by atoms with van der Waals surface area (Å²) in [6.07, 6.45) is 5.22. The van der Waals surface area contributed by atoms with E-state index in [1.54, 1.807) is 18.6 Å². The van der Waals surface area contributed by atoms with E-state index >= 15 is 0 Å². The molecule has 16 heavy (non-hydrogen) atoms. The molecule has 0 bridgehead atoms. The lowest BCUT2D eigenvalue weighted by Gasteiger charge is -2.06. The molecule has 2 heterocycles. The van der Waals surface area contributed by atoms with E-state index in [-0.39, 0.29) is 0 Å². The van der Waals surface area contributed by atoms with Crippen LogP contribution in [0.2, 0.25) is 0 Å². The number of aromatic nitrogens is 2. The molecule has 0 N–H and O–H groups in total. The van der Waals surface area contributed by atoms with Crippen LogP contribution in [0.5, 0.6) is 5.75 Å². The van der Waals surface area contributed by atoms with Crippen molar-refractivity contribution < 1.29 is 4.74 Å². The normalized spacial score (nSPS) is 10.1. The molecular formula is C11H8Br2N2O. The second-order valence-electron chi connectivity index (χ2n) is 3.09. The van der Waals surface area contributed by atoms with Gasteiger partial charge in [-0.25, -0.2) is 4.98 Å². The van der Waals surface area contributed by atoms with E-state index in [0.717, 1.165) is 15.8 Å². The summed E-state index contributed by atoms with van der Waals surface area (Å²) in [6, 6.07) is 5.67. The van der Waals surface area contributed by atoms with Crippen LogP contribution < -0.4 is 4.74 Å². The van der Waals surface area contributed by atoms with Gasteiger partial charge in [-0.05, 0) is 50.1 Å². The zero-order chi connectivity index (χ0) is 11.4. The van der Waals surface area contributed by atoms with Crippen LogP contribution in [0.25, 0.3) is 0 Å². The minimum atomic E-state index is 0.469. The topological polar surface area (TPSA) is 35.0 Å². The molecule has 3 nitrogen and oxygen atoms in total. The Morgan fingerprint density at radius 2 is 2.12 bits per heavy atom. The third kappa shape index (κ3) is 3.02. The van der Waals surface area contributed by atoms with Crippen molar-refractivity contribution in [3.05, 3.63) is 51.4 Å². The Hall–Kier alpha value is -0.940. The van der Waals surface area contributed by atoms with Gasteiger partial charge in [0.1, 0.15) is 11.2 Å². The van der Waals surface area contributed by atoms with Crippen LogP contribution in [0.4, 0.5) is 0 Å². The molecule has 5 heteroatoms. The fraction of sp³-hybridized carbons (Fsp3) is 0.0909. The fourth-order valence-corrected chi connectivity index (χ4v) is 1.95. The Morgan fingerprint density at radius 1 is 1.25 bits per heavy atom. The summed E-state index contributed by atoms with van der Waals surface area (Å²) < 4.78 is 7.26. The standard InChI is InChI=1S/C11H8Br2N2O/c12-9-4-8(5-14-6-9)7-16-10-2-1-3-15-11(10)13/h1-6H,7H2. The second-order valence-corrected chi connectivity index (χ2v) is 4.76. The van der Waals surface area contributed by atoms with Gasteiger partial charge in [0, 0.05) is 28.6 Å². The first-order valence-corrected chi connectivity index (χ1v) is 6.17. The van der Waals surface area contributed by atoms with Crippen molar-refractivity contribution in [2.45, 2.75) is 6.61 Å². The van der Waals surface area contributed by atoms with Gasteiger partial charge in [0.05, 0.1) is 0 Å². The van der Waals surface area contributed by atoms with E-state index in [1.807, 2.05) is 18.2 Å². The first kappa shape index (κ1) is 11.5. The molecule has 82 valence electrons. The van der Waals surface area contributed by atoms with Crippen LogP contribution in [-0.2, 0) is 6.61 Å². The molecule has 0 amide bonds. The van der Waals surface area contributed by atoms with Crippen LogP contribution in [-0.4, -0.2) is 9.97 Å². The maximum absolute atomic E-state index is 5.61. The highest BCUT2D eigenvalue weighted by atomic mass is 79.9. The second kappa shape index (κ2) is 5.41. The monoisotopic (exact) mass is 342 g/mol. The first-order chi connectivity index (χ1) is 7.75. The number of hydrogen-bond donors (Lipinski definition) is 0. The average molecular weight is 344 g/mol. The van der Waals surface area contributed by atoms with E-state index in [1.165, 1.54) is 0 Å². The Balaban J connectivity index is 2.05. The molecule has 0 atom stereocenters. The van der Waals surface area contributed by atoms with Gasteiger partial charge < -0.3 is 4.74 Å². The number of nitrogens with zero attached hydrogens (tertiary/aromatic N) is 2. The number of rotatable bonds is 3. The van der Waals surface area contributed by atoms with Crippen molar-refractivity contribution in [2.24, 2.45) is 0 Å². The molecule has 2 rings (SSSR count). The lowest BCUT2D eigenvalue weighted by Crippen LogP contribution is -1.97. The quantitative estimate of drug-likeness (QED) is 0.799. The van der Waals surface area contributed by atoms with Crippen molar-refractivity contribution in [1.29, 1.82) is 0 Å².